The van der Waals surface area contributed by atoms with Crippen LogP contribution in [0.25, 0.3) is 0 Å². The number of amides is 1. The molecule has 1 aromatic rings. The molecule has 6 nitrogen and oxygen atoms in total. The Labute approximate surface area is 98.6 Å². The molecular formula is C11H15N3O3. The maximum Gasteiger partial charge on any atom is 0.308 e. The molecule has 1 saturated heterocycles. The molecule has 1 amide bonds. The van der Waals surface area contributed by atoms with E-state index in [1.165, 1.54) is 0 Å². The highest BCUT2D eigenvalue weighted by Gasteiger charge is 2.36. The predicted molar refractivity (Wildman–Crippen MR) is 59.2 cm³/mol. The highest BCUT2D eigenvalue weighted by atomic mass is 16.4. The number of aliphatic carboxylic acids is 1. The van der Waals surface area contributed by atoms with Gasteiger partial charge in [0, 0.05) is 25.0 Å². The van der Waals surface area contributed by atoms with Crippen molar-refractivity contribution < 1.29 is 14.7 Å². The van der Waals surface area contributed by atoms with E-state index >= 15 is 0 Å². The van der Waals surface area contributed by atoms with Crippen LogP contribution in [0.5, 0.6) is 0 Å². The molecule has 0 bridgehead atoms. The molecule has 0 unspecified atom stereocenters. The van der Waals surface area contributed by atoms with Crippen LogP contribution in [-0.4, -0.2) is 45.2 Å². The molecule has 1 aliphatic rings. The summed E-state index contributed by atoms with van der Waals surface area (Å²) in [5.41, 5.74) is 0.751. The van der Waals surface area contributed by atoms with E-state index in [4.69, 9.17) is 5.11 Å². The summed E-state index contributed by atoms with van der Waals surface area (Å²) < 4.78 is 0. The summed E-state index contributed by atoms with van der Waals surface area (Å²) in [6.07, 6.45) is 1.84. The Morgan fingerprint density at radius 2 is 2.35 bits per heavy atom. The number of aromatic nitrogens is 2. The van der Waals surface area contributed by atoms with Crippen molar-refractivity contribution in [1.29, 1.82) is 0 Å². The quantitative estimate of drug-likeness (QED) is 0.782. The van der Waals surface area contributed by atoms with E-state index in [0.29, 0.717) is 13.1 Å². The van der Waals surface area contributed by atoms with E-state index in [2.05, 4.69) is 10.2 Å². The van der Waals surface area contributed by atoms with Gasteiger partial charge in [0.15, 0.2) is 0 Å². The van der Waals surface area contributed by atoms with Gasteiger partial charge >= 0.3 is 5.97 Å². The van der Waals surface area contributed by atoms with Crippen LogP contribution in [0.4, 0.5) is 0 Å². The van der Waals surface area contributed by atoms with Gasteiger partial charge in [-0.05, 0) is 12.0 Å². The number of nitrogens with zero attached hydrogens (tertiary/aromatic N) is 2. The van der Waals surface area contributed by atoms with Crippen LogP contribution >= 0.6 is 0 Å². The maximum atomic E-state index is 11.9. The molecule has 0 aliphatic carbocycles. The van der Waals surface area contributed by atoms with Crippen molar-refractivity contribution in [2.75, 3.05) is 13.1 Å². The van der Waals surface area contributed by atoms with Crippen molar-refractivity contribution in [3.05, 3.63) is 18.0 Å². The Hall–Kier alpha value is -1.85. The number of carbonyl (C=O) groups excluding carboxylic acids is 1. The zero-order chi connectivity index (χ0) is 12.4. The first-order valence-corrected chi connectivity index (χ1v) is 5.56. The lowest BCUT2D eigenvalue weighted by molar-refractivity contribution is -0.142. The third-order valence-electron chi connectivity index (χ3n) is 3.18. The van der Waals surface area contributed by atoms with Crippen molar-refractivity contribution in [1.82, 2.24) is 15.1 Å². The van der Waals surface area contributed by atoms with E-state index in [0.717, 1.165) is 5.69 Å². The van der Waals surface area contributed by atoms with Gasteiger partial charge in [-0.2, -0.15) is 5.10 Å². The molecule has 0 saturated carbocycles. The van der Waals surface area contributed by atoms with Crippen LogP contribution in [0.2, 0.25) is 0 Å². The van der Waals surface area contributed by atoms with Crippen LogP contribution in [-0.2, 0) is 16.0 Å². The number of carboxylic acid groups (broad SMARTS) is 1. The van der Waals surface area contributed by atoms with Gasteiger partial charge in [-0.3, -0.25) is 14.7 Å². The van der Waals surface area contributed by atoms with Crippen molar-refractivity contribution in [3.8, 4) is 0 Å². The monoisotopic (exact) mass is 237 g/mol. The van der Waals surface area contributed by atoms with Crippen molar-refractivity contribution in [2.45, 2.75) is 13.3 Å². The molecule has 2 heterocycles. The molecule has 92 valence electrons. The van der Waals surface area contributed by atoms with Crippen LogP contribution in [0.1, 0.15) is 12.6 Å². The van der Waals surface area contributed by atoms with Gasteiger partial charge in [0.2, 0.25) is 5.91 Å². The normalized spacial score (nSPS) is 23.9. The van der Waals surface area contributed by atoms with Gasteiger partial charge in [-0.15, -0.1) is 0 Å². The lowest BCUT2D eigenvalue weighted by Crippen LogP contribution is -2.31. The molecule has 17 heavy (non-hydrogen) atoms. The summed E-state index contributed by atoms with van der Waals surface area (Å²) in [6.45, 7) is 2.69. The molecule has 1 aliphatic heterocycles. The fraction of sp³-hybridized carbons (Fsp3) is 0.545. The third-order valence-corrected chi connectivity index (χ3v) is 3.18. The molecule has 1 fully saturated rings. The zero-order valence-corrected chi connectivity index (χ0v) is 9.59. The number of hydrogen-bond donors (Lipinski definition) is 2. The van der Waals surface area contributed by atoms with Crippen LogP contribution in [0.15, 0.2) is 12.3 Å². The van der Waals surface area contributed by atoms with E-state index < -0.39 is 11.9 Å². The van der Waals surface area contributed by atoms with Gasteiger partial charge in [0.25, 0.3) is 0 Å². The lowest BCUT2D eigenvalue weighted by atomic mass is 9.99. The average molecular weight is 237 g/mol. The Kier molecular flexibility index (Phi) is 3.12. The summed E-state index contributed by atoms with van der Waals surface area (Å²) in [7, 11) is 0. The second kappa shape index (κ2) is 4.57. The third kappa shape index (κ3) is 2.46. The van der Waals surface area contributed by atoms with Gasteiger partial charge < -0.3 is 10.0 Å². The summed E-state index contributed by atoms with van der Waals surface area (Å²) in [5, 5.41) is 15.5. The summed E-state index contributed by atoms with van der Waals surface area (Å²) >= 11 is 0. The Bertz CT molecular complexity index is 416. The van der Waals surface area contributed by atoms with Gasteiger partial charge in [0.05, 0.1) is 12.3 Å². The summed E-state index contributed by atoms with van der Waals surface area (Å²) in [5.74, 6) is -1.31. The lowest BCUT2D eigenvalue weighted by Gasteiger charge is -2.15. The van der Waals surface area contributed by atoms with Crippen molar-refractivity contribution in [3.63, 3.8) is 0 Å². The van der Waals surface area contributed by atoms with Gasteiger partial charge in [0.1, 0.15) is 0 Å². The zero-order valence-electron chi connectivity index (χ0n) is 9.59. The second-order valence-corrected chi connectivity index (χ2v) is 4.48. The largest absolute Gasteiger partial charge is 0.481 e. The average Bonchev–Trinajstić information content (AvgIpc) is 2.86. The minimum atomic E-state index is -0.825. The first kappa shape index (κ1) is 11.6. The first-order chi connectivity index (χ1) is 8.08. The Morgan fingerprint density at radius 3 is 2.88 bits per heavy atom. The van der Waals surface area contributed by atoms with Gasteiger partial charge in [-0.25, -0.2) is 0 Å². The van der Waals surface area contributed by atoms with Crippen molar-refractivity contribution >= 4 is 11.9 Å². The number of likely N-dealkylation sites (tertiary alicyclic amines) is 1. The maximum absolute atomic E-state index is 11.9. The summed E-state index contributed by atoms with van der Waals surface area (Å²) in [4.78, 5) is 24.5. The Morgan fingerprint density at radius 1 is 1.59 bits per heavy atom. The molecule has 2 rings (SSSR count). The minimum absolute atomic E-state index is 0.0122. The SMILES string of the molecule is C[C@@H]1CN(C(=O)Cc2ccn[nH]2)C[C@H]1C(=O)O. The number of carbonyl (C=O) groups is 2. The molecule has 0 aromatic carbocycles. The standard InChI is InChI=1S/C11H15N3O3/c1-7-5-14(6-9(7)11(16)17)10(15)4-8-2-3-12-13-8/h2-3,7,9H,4-6H2,1H3,(H,12,13)(H,16,17)/t7-,9-/m1/s1. The van der Waals surface area contributed by atoms with E-state index in [-0.39, 0.29) is 18.2 Å². The number of rotatable bonds is 3. The fourth-order valence-electron chi connectivity index (χ4n) is 2.15. The highest BCUT2D eigenvalue weighted by Crippen LogP contribution is 2.23. The predicted octanol–water partition coefficient (Wildman–Crippen LogP) is 0.131. The number of nitrogens with one attached hydrogen (secondary N) is 1. The van der Waals surface area contributed by atoms with Crippen LogP contribution in [0.3, 0.4) is 0 Å². The van der Waals surface area contributed by atoms with Gasteiger partial charge in [-0.1, -0.05) is 6.92 Å². The Balaban J connectivity index is 1.96. The number of H-pyrrole nitrogens is 1. The molecule has 0 radical (unpaired) electrons. The molecule has 0 spiro atoms. The topological polar surface area (TPSA) is 86.3 Å². The van der Waals surface area contributed by atoms with E-state index in [1.54, 1.807) is 17.2 Å². The molecule has 2 N–H and O–H groups in total. The fourth-order valence-corrected chi connectivity index (χ4v) is 2.15. The number of carboxylic acids is 1. The van der Waals surface area contributed by atoms with Crippen LogP contribution < -0.4 is 0 Å². The number of hydrogen-bond acceptors (Lipinski definition) is 3. The molecule has 6 heteroatoms. The highest BCUT2D eigenvalue weighted by molar-refractivity contribution is 5.80. The summed E-state index contributed by atoms with van der Waals surface area (Å²) in [6, 6.07) is 1.74. The first-order valence-electron chi connectivity index (χ1n) is 5.56. The van der Waals surface area contributed by atoms with E-state index in [1.807, 2.05) is 6.92 Å². The second-order valence-electron chi connectivity index (χ2n) is 4.48. The molecular weight excluding hydrogens is 222 g/mol. The molecule has 1 aromatic heterocycles. The smallest absolute Gasteiger partial charge is 0.308 e. The van der Waals surface area contributed by atoms with E-state index in [9.17, 15) is 9.59 Å². The van der Waals surface area contributed by atoms with Crippen LogP contribution in [0, 0.1) is 11.8 Å². The molecule has 2 atom stereocenters. The minimum Gasteiger partial charge on any atom is -0.481 e. The van der Waals surface area contributed by atoms with Crippen molar-refractivity contribution in [2.24, 2.45) is 11.8 Å². The number of aromatic amines is 1.